The number of nitrogens with zero attached hydrogens (tertiary/aromatic N) is 3. The molecule has 0 spiro atoms. The van der Waals surface area contributed by atoms with Gasteiger partial charge in [0.2, 0.25) is 0 Å². The van der Waals surface area contributed by atoms with Gasteiger partial charge in [-0.05, 0) is 50.6 Å². The quantitative estimate of drug-likeness (QED) is 0.202. The molecular formula is C33H26N4O5S. The number of aryl methyl sites for hydroxylation is 1. The van der Waals surface area contributed by atoms with Crippen LogP contribution in [-0.2, 0) is 4.79 Å². The second kappa shape index (κ2) is 11.1. The van der Waals surface area contributed by atoms with Crippen LogP contribution in [-0.4, -0.2) is 15.4 Å². The lowest BCUT2D eigenvalue weighted by Crippen LogP contribution is -2.40. The molecule has 9 nitrogen and oxygen atoms in total. The molecule has 43 heavy (non-hydrogen) atoms. The van der Waals surface area contributed by atoms with E-state index in [4.69, 9.17) is 4.42 Å². The molecule has 0 aliphatic carbocycles. The topological polar surface area (TPSA) is 120 Å². The molecule has 5 aromatic rings. The minimum Gasteiger partial charge on any atom is -0.457 e. The van der Waals surface area contributed by atoms with Gasteiger partial charge in [0.05, 0.1) is 26.8 Å². The molecule has 0 fully saturated rings. The summed E-state index contributed by atoms with van der Waals surface area (Å²) in [6, 6.07) is 24.5. The maximum atomic E-state index is 14.0. The number of thiazole rings is 1. The van der Waals surface area contributed by atoms with Crippen LogP contribution in [0.15, 0.2) is 110 Å². The molecule has 2 aromatic heterocycles. The summed E-state index contributed by atoms with van der Waals surface area (Å²) >= 11 is 1.21. The molecule has 1 N–H and O–H groups in total. The van der Waals surface area contributed by atoms with Crippen molar-refractivity contribution in [3.63, 3.8) is 0 Å². The number of amides is 1. The summed E-state index contributed by atoms with van der Waals surface area (Å²) in [5, 5.41) is 14.4. The highest BCUT2D eigenvalue weighted by Crippen LogP contribution is 2.32. The van der Waals surface area contributed by atoms with E-state index in [2.05, 4.69) is 10.3 Å². The molecule has 1 atom stereocenters. The van der Waals surface area contributed by atoms with E-state index in [1.54, 1.807) is 60.9 Å². The van der Waals surface area contributed by atoms with Crippen molar-refractivity contribution in [3.05, 3.63) is 148 Å². The molecule has 0 saturated heterocycles. The number of para-hydroxylation sites is 1. The van der Waals surface area contributed by atoms with Crippen molar-refractivity contribution < 1.29 is 14.1 Å². The first-order valence-corrected chi connectivity index (χ1v) is 14.3. The van der Waals surface area contributed by atoms with Gasteiger partial charge < -0.3 is 9.73 Å². The normalized spacial score (nSPS) is 14.8. The average Bonchev–Trinajstić information content (AvgIpc) is 3.57. The Hall–Kier alpha value is -5.35. The fourth-order valence-corrected chi connectivity index (χ4v) is 6.22. The van der Waals surface area contributed by atoms with Crippen LogP contribution in [0.25, 0.3) is 17.4 Å². The Balaban J connectivity index is 1.44. The largest absolute Gasteiger partial charge is 0.457 e. The lowest BCUT2D eigenvalue weighted by molar-refractivity contribution is -0.385. The van der Waals surface area contributed by atoms with Gasteiger partial charge in [0.15, 0.2) is 4.80 Å². The Morgan fingerprint density at radius 2 is 1.74 bits per heavy atom. The Kier molecular flexibility index (Phi) is 7.21. The maximum absolute atomic E-state index is 14.0. The number of nitro groups is 1. The van der Waals surface area contributed by atoms with E-state index in [0.29, 0.717) is 48.9 Å². The van der Waals surface area contributed by atoms with E-state index in [1.165, 1.54) is 17.4 Å². The van der Waals surface area contributed by atoms with Crippen LogP contribution in [0.2, 0.25) is 0 Å². The van der Waals surface area contributed by atoms with Crippen molar-refractivity contribution in [2.75, 3.05) is 5.32 Å². The number of hydrogen-bond acceptors (Lipinski definition) is 7. The molecule has 214 valence electrons. The van der Waals surface area contributed by atoms with Gasteiger partial charge in [-0.2, -0.15) is 0 Å². The predicted octanol–water partition coefficient (Wildman–Crippen LogP) is 5.66. The minimum atomic E-state index is -0.692. The zero-order valence-electron chi connectivity index (χ0n) is 23.5. The molecule has 3 heterocycles. The van der Waals surface area contributed by atoms with E-state index in [0.717, 1.165) is 11.1 Å². The number of carbonyl (C=O) groups excluding carboxylic acids is 1. The molecule has 6 rings (SSSR count). The Morgan fingerprint density at radius 3 is 2.47 bits per heavy atom. The third kappa shape index (κ3) is 5.24. The first-order valence-electron chi connectivity index (χ1n) is 13.5. The molecule has 1 aliphatic rings. The monoisotopic (exact) mass is 590 g/mol. The number of fused-ring (bicyclic) bond motifs is 1. The molecule has 1 amide bonds. The number of rotatable bonds is 6. The molecule has 3 aromatic carbocycles. The van der Waals surface area contributed by atoms with Gasteiger partial charge in [-0.25, -0.2) is 4.99 Å². The smallest absolute Gasteiger partial charge is 0.273 e. The predicted molar refractivity (Wildman–Crippen MR) is 166 cm³/mol. The van der Waals surface area contributed by atoms with E-state index in [1.807, 2.05) is 49.4 Å². The number of aromatic nitrogens is 1. The summed E-state index contributed by atoms with van der Waals surface area (Å²) < 4.78 is 7.96. The summed E-state index contributed by atoms with van der Waals surface area (Å²) in [4.78, 5) is 43.8. The number of nitro benzene ring substituents is 1. The molecule has 10 heteroatoms. The third-order valence-corrected chi connectivity index (χ3v) is 8.34. The summed E-state index contributed by atoms with van der Waals surface area (Å²) in [6.45, 7) is 5.43. The number of carbonyl (C=O) groups is 1. The number of nitrogens with one attached hydrogen (secondary N) is 1. The van der Waals surface area contributed by atoms with E-state index in [-0.39, 0.29) is 17.2 Å². The van der Waals surface area contributed by atoms with Crippen LogP contribution in [0, 0.1) is 24.0 Å². The maximum Gasteiger partial charge on any atom is 0.273 e. The summed E-state index contributed by atoms with van der Waals surface area (Å²) in [7, 11) is 0. The van der Waals surface area contributed by atoms with Gasteiger partial charge in [0.25, 0.3) is 17.2 Å². The first-order chi connectivity index (χ1) is 20.7. The first kappa shape index (κ1) is 27.8. The number of benzene rings is 3. The van der Waals surface area contributed by atoms with Gasteiger partial charge in [-0.3, -0.25) is 24.3 Å². The van der Waals surface area contributed by atoms with Crippen molar-refractivity contribution >= 4 is 34.7 Å². The van der Waals surface area contributed by atoms with Crippen molar-refractivity contribution in [2.24, 2.45) is 4.99 Å². The van der Waals surface area contributed by atoms with Crippen LogP contribution in [0.5, 0.6) is 0 Å². The molecule has 0 saturated carbocycles. The van der Waals surface area contributed by atoms with Crippen LogP contribution < -0.4 is 20.2 Å². The molecule has 1 aliphatic heterocycles. The third-order valence-electron chi connectivity index (χ3n) is 7.36. The van der Waals surface area contributed by atoms with Crippen LogP contribution in [0.3, 0.4) is 0 Å². The fourth-order valence-electron chi connectivity index (χ4n) is 5.19. The second-order valence-electron chi connectivity index (χ2n) is 10.2. The number of furan rings is 1. The summed E-state index contributed by atoms with van der Waals surface area (Å²) in [5.74, 6) is 0.527. The Morgan fingerprint density at radius 1 is 1.00 bits per heavy atom. The standard InChI is InChI=1S/C33H26N4O5S/c1-19-12-14-22(15-13-19)30-29(31(38)35-23-8-5-4-6-9-23)21(3)34-33-36(30)32(39)28(43-33)18-24-16-17-27(42-24)25-10-7-11-26(20(25)2)37(40)41/h4-18,30H,1-3H3,(H,35,38)/b28-18-/t30-/m1/s1. The van der Waals surface area contributed by atoms with E-state index >= 15 is 0 Å². The highest BCUT2D eigenvalue weighted by molar-refractivity contribution is 7.07. The minimum absolute atomic E-state index is 0.00217. The zero-order valence-corrected chi connectivity index (χ0v) is 24.3. The van der Waals surface area contributed by atoms with Crippen molar-refractivity contribution in [1.82, 2.24) is 4.57 Å². The lowest BCUT2D eigenvalue weighted by atomic mass is 9.94. The van der Waals surface area contributed by atoms with E-state index < -0.39 is 11.0 Å². The van der Waals surface area contributed by atoms with Gasteiger partial charge in [0, 0.05) is 29.0 Å². The molecule has 0 radical (unpaired) electrons. The fraction of sp³-hybridized carbons (Fsp3) is 0.121. The van der Waals surface area contributed by atoms with Crippen LogP contribution in [0.4, 0.5) is 11.4 Å². The second-order valence-corrected chi connectivity index (χ2v) is 11.2. The molecular weight excluding hydrogens is 564 g/mol. The van der Waals surface area contributed by atoms with Crippen molar-refractivity contribution in [3.8, 4) is 11.3 Å². The van der Waals surface area contributed by atoms with Gasteiger partial charge in [0.1, 0.15) is 11.5 Å². The average molecular weight is 591 g/mol. The van der Waals surface area contributed by atoms with Gasteiger partial charge in [-0.15, -0.1) is 0 Å². The van der Waals surface area contributed by atoms with Crippen molar-refractivity contribution in [2.45, 2.75) is 26.8 Å². The highest BCUT2D eigenvalue weighted by atomic mass is 32.1. The SMILES string of the molecule is CC1=C(C(=O)Nc2ccccc2)[C@@H](c2ccc(C)cc2)n2c(s/c(=C\c3ccc(-c4cccc([N+](=O)[O-])c4C)o3)c2=O)=N1. The molecule has 0 unspecified atom stereocenters. The van der Waals surface area contributed by atoms with Gasteiger partial charge >= 0.3 is 0 Å². The van der Waals surface area contributed by atoms with E-state index in [9.17, 15) is 19.7 Å². The zero-order chi connectivity index (χ0) is 30.2. The number of hydrogen-bond donors (Lipinski definition) is 1. The summed E-state index contributed by atoms with van der Waals surface area (Å²) in [5.41, 5.74) is 4.16. The van der Waals surface area contributed by atoms with Crippen LogP contribution in [0.1, 0.15) is 35.4 Å². The highest BCUT2D eigenvalue weighted by Gasteiger charge is 2.32. The van der Waals surface area contributed by atoms with Crippen molar-refractivity contribution in [1.29, 1.82) is 0 Å². The molecule has 0 bridgehead atoms. The number of anilines is 1. The lowest BCUT2D eigenvalue weighted by Gasteiger charge is -2.25. The Labute approximate surface area is 249 Å². The number of allylic oxidation sites excluding steroid dienone is 1. The summed E-state index contributed by atoms with van der Waals surface area (Å²) in [6.07, 6.45) is 1.63. The Bertz CT molecular complexity index is 2100. The van der Waals surface area contributed by atoms with Gasteiger partial charge in [-0.1, -0.05) is 71.5 Å². The van der Waals surface area contributed by atoms with Crippen LogP contribution >= 0.6 is 11.3 Å².